The van der Waals surface area contributed by atoms with Crippen molar-refractivity contribution < 1.29 is 31.1 Å². The molecule has 5 rings (SSSR count). The van der Waals surface area contributed by atoms with Crippen LogP contribution in [0.25, 0.3) is 5.82 Å². The summed E-state index contributed by atoms with van der Waals surface area (Å²) in [7, 11) is -2.50. The van der Waals surface area contributed by atoms with E-state index in [2.05, 4.69) is 25.4 Å². The zero-order chi connectivity index (χ0) is 34.0. The molecule has 0 bridgehead atoms. The number of nitrogens with zero attached hydrogens (tertiary/aromatic N) is 5. The van der Waals surface area contributed by atoms with Crippen LogP contribution in [-0.4, -0.2) is 78.6 Å². The van der Waals surface area contributed by atoms with Crippen molar-refractivity contribution in [3.05, 3.63) is 48.3 Å². The molecule has 3 aromatic rings. The summed E-state index contributed by atoms with van der Waals surface area (Å²) in [5, 5.41) is 10.3. The molecule has 1 amide bonds. The van der Waals surface area contributed by atoms with Crippen molar-refractivity contribution in [3.63, 3.8) is 0 Å². The first kappa shape index (κ1) is 34.4. The van der Waals surface area contributed by atoms with E-state index in [-0.39, 0.29) is 54.1 Å². The second-order valence-electron chi connectivity index (χ2n) is 12.7. The van der Waals surface area contributed by atoms with Crippen LogP contribution >= 0.6 is 0 Å². The lowest BCUT2D eigenvalue weighted by atomic mass is 10.00. The van der Waals surface area contributed by atoms with Gasteiger partial charge in [-0.3, -0.25) is 4.79 Å². The number of likely N-dealkylation sites (N-methyl/N-ethyl adjacent to an activating group) is 1. The second-order valence-corrected chi connectivity index (χ2v) is 14.4. The van der Waals surface area contributed by atoms with E-state index in [9.17, 15) is 26.4 Å². The van der Waals surface area contributed by atoms with E-state index in [0.717, 1.165) is 19.3 Å². The van der Waals surface area contributed by atoms with Crippen LogP contribution in [0.1, 0.15) is 69.7 Å². The first-order valence-electron chi connectivity index (χ1n) is 15.7. The molecule has 0 spiro atoms. The Morgan fingerprint density at radius 2 is 1.91 bits per heavy atom. The summed E-state index contributed by atoms with van der Waals surface area (Å²) in [6, 6.07) is 7.59. The highest BCUT2D eigenvalue weighted by molar-refractivity contribution is 7.90. The molecular weight excluding hydrogens is 637 g/mol. The lowest BCUT2D eigenvalue weighted by Gasteiger charge is -2.33. The molecule has 1 saturated carbocycles. The van der Waals surface area contributed by atoms with Gasteiger partial charge in [-0.2, -0.15) is 26.7 Å². The summed E-state index contributed by atoms with van der Waals surface area (Å²) < 4.78 is 75.6. The number of anilines is 2. The third kappa shape index (κ3) is 7.64. The Labute approximate surface area is 272 Å². The average Bonchev–Trinajstić information content (AvgIpc) is 3.56. The molecule has 3 aromatic heterocycles. The number of pyridine rings is 2. The maximum Gasteiger partial charge on any atom is 0.394 e. The van der Waals surface area contributed by atoms with Gasteiger partial charge in [0.1, 0.15) is 11.6 Å². The molecule has 12 nitrogen and oxygen atoms in total. The van der Waals surface area contributed by atoms with Crippen molar-refractivity contribution in [3.8, 4) is 11.6 Å². The van der Waals surface area contributed by atoms with E-state index < -0.39 is 33.1 Å². The highest BCUT2D eigenvalue weighted by atomic mass is 32.2. The maximum atomic E-state index is 13.7. The number of aromatic nitrogens is 4. The van der Waals surface area contributed by atoms with E-state index >= 15 is 0 Å². The molecular formula is C31H41F3N8O4S. The minimum Gasteiger partial charge on any atom is -0.490 e. The van der Waals surface area contributed by atoms with Crippen molar-refractivity contribution >= 4 is 27.6 Å². The van der Waals surface area contributed by atoms with E-state index in [4.69, 9.17) is 9.72 Å². The Balaban J connectivity index is 1.39. The van der Waals surface area contributed by atoms with Crippen LogP contribution in [0.15, 0.2) is 47.8 Å². The van der Waals surface area contributed by atoms with Crippen LogP contribution in [0.2, 0.25) is 0 Å². The SMILES string of the molecule is CCCCNc1cccc(S(=O)(=O)NC(=O)c2ccc(-n3cc(OCCC4(C(F)(F)F)CC4)cn3)nc2N2CC(NC)CC2(C)C)n1. The largest absolute Gasteiger partial charge is 0.490 e. The number of halogens is 3. The van der Waals surface area contributed by atoms with Gasteiger partial charge in [0.05, 0.1) is 30.0 Å². The minimum absolute atomic E-state index is 0.0323. The predicted molar refractivity (Wildman–Crippen MR) is 170 cm³/mol. The number of carbonyl (C=O) groups excluding carboxylic acids is 1. The number of sulfonamides is 1. The van der Waals surface area contributed by atoms with Gasteiger partial charge >= 0.3 is 6.18 Å². The molecule has 1 aliphatic heterocycles. The van der Waals surface area contributed by atoms with Gasteiger partial charge in [0.25, 0.3) is 15.9 Å². The Kier molecular flexibility index (Phi) is 9.74. The zero-order valence-electron chi connectivity index (χ0n) is 26.9. The minimum atomic E-state index is -4.34. The molecule has 1 aliphatic carbocycles. The van der Waals surface area contributed by atoms with Crippen molar-refractivity contribution in [2.24, 2.45) is 5.41 Å². The maximum absolute atomic E-state index is 13.7. The molecule has 1 atom stereocenters. The number of hydrogen-bond donors (Lipinski definition) is 3. The third-order valence-corrected chi connectivity index (χ3v) is 10.0. The van der Waals surface area contributed by atoms with Gasteiger partial charge in [-0.25, -0.2) is 19.4 Å². The second kappa shape index (κ2) is 13.3. The fourth-order valence-corrected chi connectivity index (χ4v) is 6.68. The van der Waals surface area contributed by atoms with Crippen LogP contribution in [0, 0.1) is 5.41 Å². The number of carbonyl (C=O) groups is 1. The Hall–Kier alpha value is -3.92. The number of rotatable bonds is 14. The van der Waals surface area contributed by atoms with Crippen molar-refractivity contribution in [2.45, 2.75) is 82.1 Å². The Morgan fingerprint density at radius 1 is 1.15 bits per heavy atom. The lowest BCUT2D eigenvalue weighted by molar-refractivity contribution is -0.190. The van der Waals surface area contributed by atoms with Crippen LogP contribution in [-0.2, 0) is 10.0 Å². The number of hydrogen-bond acceptors (Lipinski definition) is 10. The number of ether oxygens (including phenoxy) is 1. The van der Waals surface area contributed by atoms with Crippen LogP contribution < -0.4 is 25.0 Å². The first-order chi connectivity index (χ1) is 22.2. The summed E-state index contributed by atoms with van der Waals surface area (Å²) in [6.07, 6.45) is 1.28. The van der Waals surface area contributed by atoms with Gasteiger partial charge in [0, 0.05) is 24.7 Å². The van der Waals surface area contributed by atoms with Crippen molar-refractivity contribution in [1.29, 1.82) is 0 Å². The summed E-state index contributed by atoms with van der Waals surface area (Å²) in [5.74, 6) is 0.332. The summed E-state index contributed by atoms with van der Waals surface area (Å²) in [4.78, 5) is 24.5. The van der Waals surface area contributed by atoms with Gasteiger partial charge < -0.3 is 20.3 Å². The highest BCUT2D eigenvalue weighted by Gasteiger charge is 2.62. The Morgan fingerprint density at radius 3 is 2.57 bits per heavy atom. The molecule has 2 fully saturated rings. The summed E-state index contributed by atoms with van der Waals surface area (Å²) >= 11 is 0. The smallest absolute Gasteiger partial charge is 0.394 e. The molecule has 256 valence electrons. The average molecular weight is 679 g/mol. The normalized spacial score (nSPS) is 18.6. The number of unbranched alkanes of at least 4 members (excludes halogenated alkanes) is 1. The zero-order valence-corrected chi connectivity index (χ0v) is 27.7. The fourth-order valence-electron chi connectivity index (χ4n) is 5.74. The topological polar surface area (TPSA) is 143 Å². The predicted octanol–water partition coefficient (Wildman–Crippen LogP) is 4.68. The molecule has 0 radical (unpaired) electrons. The third-order valence-electron chi connectivity index (χ3n) is 8.81. The van der Waals surface area contributed by atoms with Gasteiger partial charge in [-0.15, -0.1) is 0 Å². The molecule has 16 heteroatoms. The van der Waals surface area contributed by atoms with Crippen molar-refractivity contribution in [1.82, 2.24) is 29.8 Å². The highest BCUT2D eigenvalue weighted by Crippen LogP contribution is 2.59. The van der Waals surface area contributed by atoms with Crippen molar-refractivity contribution in [2.75, 3.05) is 37.0 Å². The number of alkyl halides is 3. The first-order valence-corrected chi connectivity index (χ1v) is 17.1. The number of nitrogens with one attached hydrogen (secondary N) is 3. The van der Waals surface area contributed by atoms with Crippen LogP contribution in [0.5, 0.6) is 5.75 Å². The van der Waals surface area contributed by atoms with Gasteiger partial charge in [-0.1, -0.05) is 19.4 Å². The molecule has 47 heavy (non-hydrogen) atoms. The lowest BCUT2D eigenvalue weighted by Crippen LogP contribution is -2.41. The summed E-state index contributed by atoms with van der Waals surface area (Å²) in [5.41, 5.74) is -2.09. The summed E-state index contributed by atoms with van der Waals surface area (Å²) in [6.45, 7) is 7.06. The monoisotopic (exact) mass is 678 g/mol. The van der Waals surface area contributed by atoms with Gasteiger partial charge in [-0.05, 0) is 77.3 Å². The fraction of sp³-hybridized carbons (Fsp3) is 0.548. The molecule has 1 unspecified atom stereocenters. The standard InChI is InChI=1S/C31H41F3N8O4S/c1-5-6-15-36-24-8-7-9-26(38-24)47(44,45)40-28(43)23-10-11-25(39-27(23)41-19-21(35-4)17-29(41,2)3)42-20-22(18-37-42)46-16-14-30(12-13-30)31(32,33)34/h7-11,18,20-21,35H,5-6,12-17,19H2,1-4H3,(H,36,38)(H,40,43). The molecule has 4 heterocycles. The van der Waals surface area contributed by atoms with E-state index in [1.165, 1.54) is 35.3 Å². The van der Waals surface area contributed by atoms with Crippen LogP contribution in [0.4, 0.5) is 24.8 Å². The van der Waals surface area contributed by atoms with Gasteiger partial charge in [0.15, 0.2) is 16.6 Å². The van der Waals surface area contributed by atoms with E-state index in [1.807, 2.05) is 32.7 Å². The molecule has 0 aromatic carbocycles. The molecule has 1 saturated heterocycles. The Bertz CT molecular complexity index is 1690. The van der Waals surface area contributed by atoms with Gasteiger partial charge in [0.2, 0.25) is 0 Å². The van der Waals surface area contributed by atoms with Crippen LogP contribution in [0.3, 0.4) is 0 Å². The van der Waals surface area contributed by atoms with E-state index in [1.54, 1.807) is 12.1 Å². The number of amides is 1. The molecule has 2 aliphatic rings. The quantitative estimate of drug-likeness (QED) is 0.206. The van der Waals surface area contributed by atoms with E-state index in [0.29, 0.717) is 24.7 Å². The molecule has 3 N–H and O–H groups in total.